The topological polar surface area (TPSA) is 0 Å². The fourth-order valence-electron chi connectivity index (χ4n) is 4.79. The molecule has 2 saturated carbocycles. The van der Waals surface area contributed by atoms with Gasteiger partial charge in [0.25, 0.3) is 0 Å². The number of rotatable bonds is 0. The van der Waals surface area contributed by atoms with Crippen molar-refractivity contribution >= 4 is 50.5 Å². The molecule has 28 heavy (non-hydrogen) atoms. The molecule has 0 aromatic rings. The van der Waals surface area contributed by atoms with Gasteiger partial charge in [-0.2, -0.15) is 0 Å². The molecule has 0 aliphatic heterocycles. The Morgan fingerprint density at radius 2 is 0.393 bits per heavy atom. The fraction of sp³-hybridized carbons (Fsp3) is 0.909. The van der Waals surface area contributed by atoms with Crippen molar-refractivity contribution in [2.45, 2.75) is 69.2 Å². The van der Waals surface area contributed by atoms with Crippen LogP contribution in [0.2, 0.25) is 0 Å². The summed E-state index contributed by atoms with van der Waals surface area (Å²) in [6, 6.07) is 0. The van der Waals surface area contributed by atoms with Crippen molar-refractivity contribution in [3.8, 4) is 0 Å². The molecule has 0 aromatic carbocycles. The normalized spacial score (nSPS) is 41.2. The summed E-state index contributed by atoms with van der Waals surface area (Å²) in [4.78, 5) is 0. The summed E-state index contributed by atoms with van der Waals surface area (Å²) in [7, 11) is 0. The molecule has 0 radical (unpaired) electrons. The van der Waals surface area contributed by atoms with E-state index in [4.69, 9.17) is 0 Å². The van der Waals surface area contributed by atoms with Crippen LogP contribution in [0.1, 0.15) is 69.2 Å². The molecule has 2 aliphatic carbocycles. The van der Waals surface area contributed by atoms with Crippen LogP contribution in [0.3, 0.4) is 0 Å². The summed E-state index contributed by atoms with van der Waals surface area (Å²) in [5.74, 6) is 9.35. The predicted octanol–water partition coefficient (Wildman–Crippen LogP) is 6.66. The van der Waals surface area contributed by atoms with Crippen molar-refractivity contribution in [2.24, 2.45) is 59.2 Å². The minimum absolute atomic E-state index is 0. The van der Waals surface area contributed by atoms with Gasteiger partial charge in [0, 0.05) is 0 Å². The van der Waals surface area contributed by atoms with Gasteiger partial charge in [-0.25, -0.2) is 0 Å². The van der Waals surface area contributed by atoms with Gasteiger partial charge in [-0.3, -0.25) is 0 Å². The molecule has 0 N–H and O–H groups in total. The molecule has 0 bridgehead atoms. The van der Waals surface area contributed by atoms with Crippen LogP contribution < -0.4 is 0 Å². The summed E-state index contributed by atoms with van der Waals surface area (Å²) in [5, 5.41) is 0. The third-order valence-corrected chi connectivity index (χ3v) is 9.79. The van der Waals surface area contributed by atoms with Crippen LogP contribution in [0.15, 0.2) is 8.47 Å². The summed E-state index contributed by atoms with van der Waals surface area (Å²) in [6.45, 7) is 24.0. The Hall–Kier alpha value is 1.63. The summed E-state index contributed by atoms with van der Waals surface area (Å²) < 4.78 is 0.444. The molecule has 0 heterocycles. The second-order valence-corrected chi connectivity index (χ2v) is 11.3. The van der Waals surface area contributed by atoms with E-state index in [0.717, 1.165) is 59.2 Å². The Bertz CT molecular complexity index is 320. The van der Waals surface area contributed by atoms with E-state index < -0.39 is 0 Å². The van der Waals surface area contributed by atoms with E-state index in [1.54, 1.807) is 0 Å². The fourth-order valence-corrected chi connectivity index (χ4v) is 4.79. The van der Waals surface area contributed by atoms with Gasteiger partial charge in [0.15, 0.2) is 0 Å². The van der Waals surface area contributed by atoms with Crippen LogP contribution in [0.5, 0.6) is 0 Å². The molecule has 0 saturated heterocycles. The van der Waals surface area contributed by atoms with Gasteiger partial charge < -0.3 is 59.0 Å². The zero-order valence-corrected chi connectivity index (χ0v) is 24.4. The molecule has 0 aromatic heterocycles. The van der Waals surface area contributed by atoms with Gasteiger partial charge in [-0.05, 0) is 59.2 Å². The molecule has 0 spiro atoms. The minimum atomic E-state index is 0. The molecule has 2 aliphatic rings. The largest absolute Gasteiger partial charge is 3.00 e. The molecule has 0 nitrogen and oxygen atoms in total. The Morgan fingerprint density at radius 1 is 0.321 bits per heavy atom. The van der Waals surface area contributed by atoms with Gasteiger partial charge in [-0.1, -0.05) is 69.2 Å². The standard InChI is InChI=1S/2C10H20.C2H4S4.2Co/c2*1-6-7(2)9(4)10(5)8(6)3;3-1(4)2(5)6;;/h2*6-10H,1-5H3;3-6H;;/q;;;2*+3/p-4. The molecule has 168 valence electrons. The maximum atomic E-state index is 4.39. The average molecular weight is 551 g/mol. The van der Waals surface area contributed by atoms with Crippen LogP contribution in [-0.2, 0) is 84.1 Å². The van der Waals surface area contributed by atoms with E-state index >= 15 is 0 Å². The average Bonchev–Trinajstić information content (AvgIpc) is 2.86. The second-order valence-electron chi connectivity index (χ2n) is 9.17. The first kappa shape index (κ1) is 34.3. The number of hydrogen-bond donors (Lipinski definition) is 0. The first-order valence-electron chi connectivity index (χ1n) is 10.2. The summed E-state index contributed by atoms with van der Waals surface area (Å²) in [6.07, 6.45) is 0. The molecular weight excluding hydrogens is 510 g/mol. The van der Waals surface area contributed by atoms with Gasteiger partial charge in [0.2, 0.25) is 0 Å². The zero-order valence-electron chi connectivity index (χ0n) is 19.1. The summed E-state index contributed by atoms with van der Waals surface area (Å²) >= 11 is 17.6. The smallest absolute Gasteiger partial charge is 0.810 e. The van der Waals surface area contributed by atoms with E-state index in [-0.39, 0.29) is 42.0 Å². The summed E-state index contributed by atoms with van der Waals surface area (Å²) in [5.41, 5.74) is 0. The molecular formula is C22H40Co2S4+2. The first-order valence-corrected chi connectivity index (χ1v) is 11.8. The van der Waals surface area contributed by atoms with Crippen molar-refractivity contribution in [1.82, 2.24) is 0 Å². The molecule has 0 amide bonds. The van der Waals surface area contributed by atoms with Gasteiger partial charge in [0.05, 0.1) is 0 Å². The Labute approximate surface area is 219 Å². The quantitative estimate of drug-likeness (QED) is 0.310. The van der Waals surface area contributed by atoms with Gasteiger partial charge in [0.1, 0.15) is 0 Å². The van der Waals surface area contributed by atoms with Crippen LogP contribution in [0, 0.1) is 59.2 Å². The molecule has 0 atom stereocenters. The SMILES string of the molecule is CC1C(C)C(C)C(C)C1C.CC1C(C)C(C)C(C)C1C.[Co+3].[Co+3].[S-]C([S-])=C([S-])[S-]. The molecule has 6 heteroatoms. The van der Waals surface area contributed by atoms with Crippen LogP contribution >= 0.6 is 0 Å². The van der Waals surface area contributed by atoms with E-state index in [0.29, 0.717) is 0 Å². The van der Waals surface area contributed by atoms with Crippen LogP contribution in [-0.4, -0.2) is 0 Å². The van der Waals surface area contributed by atoms with E-state index in [1.807, 2.05) is 0 Å². The van der Waals surface area contributed by atoms with Crippen molar-refractivity contribution in [3.05, 3.63) is 8.47 Å². The van der Waals surface area contributed by atoms with Crippen molar-refractivity contribution in [1.29, 1.82) is 0 Å². The third-order valence-electron chi connectivity index (χ3n) is 8.46. The van der Waals surface area contributed by atoms with Crippen LogP contribution in [0.25, 0.3) is 0 Å². The molecule has 2 rings (SSSR count). The number of hydrogen-bond acceptors (Lipinski definition) is 4. The Kier molecular flexibility index (Phi) is 18.9. The van der Waals surface area contributed by atoms with E-state index in [2.05, 4.69) is 120 Å². The predicted molar refractivity (Wildman–Crippen MR) is 128 cm³/mol. The molecule has 2 fully saturated rings. The van der Waals surface area contributed by atoms with Crippen molar-refractivity contribution in [2.75, 3.05) is 0 Å². The Morgan fingerprint density at radius 3 is 0.429 bits per heavy atom. The van der Waals surface area contributed by atoms with Crippen LogP contribution in [0.4, 0.5) is 0 Å². The maximum absolute atomic E-state index is 4.39. The van der Waals surface area contributed by atoms with E-state index in [1.165, 1.54) is 0 Å². The minimum Gasteiger partial charge on any atom is -0.810 e. The van der Waals surface area contributed by atoms with Gasteiger partial charge in [-0.15, -0.1) is 0 Å². The Balaban J connectivity index is -0.000000335. The second kappa shape index (κ2) is 15.4. The van der Waals surface area contributed by atoms with E-state index in [9.17, 15) is 0 Å². The molecule has 0 unspecified atom stereocenters. The van der Waals surface area contributed by atoms with Crippen molar-refractivity contribution in [3.63, 3.8) is 0 Å². The first-order chi connectivity index (χ1) is 11.7. The van der Waals surface area contributed by atoms with Gasteiger partial charge >= 0.3 is 33.6 Å². The third kappa shape index (κ3) is 9.41. The van der Waals surface area contributed by atoms with Crippen molar-refractivity contribution < 1.29 is 33.6 Å². The zero-order chi connectivity index (χ0) is 20.9. The monoisotopic (exact) mass is 550 g/mol. The maximum Gasteiger partial charge on any atom is 3.00 e.